The van der Waals surface area contributed by atoms with Crippen LogP contribution >= 0.6 is 23.2 Å². The number of rotatable bonds is 15. The SMILES string of the molecule is CC(C)(C)C(=O)OCCCCn1c(Cn2c(=O)n(C3CC3)c3ccncc32)nc2cc(Cl)cnc21.O=c1n(Cc2nc3cc(Cl)cnc3n2CCCCO)c2cnccc2n1C1CC1.[Li+].[OH-]. The normalized spacial score (nSPS) is 13.8. The molecule has 342 valence electrons. The molecule has 0 aromatic carbocycles. The largest absolute Gasteiger partial charge is 1.00 e. The number of nitrogens with zero attached hydrogens (tertiary/aromatic N) is 12. The molecule has 8 aromatic heterocycles. The quantitative estimate of drug-likeness (QED) is 0.0879. The molecule has 0 bridgehead atoms. The third kappa shape index (κ3) is 9.99. The van der Waals surface area contributed by atoms with Crippen molar-refractivity contribution in [2.75, 3.05) is 13.2 Å². The molecule has 10 rings (SSSR count). The Kier molecular flexibility index (Phi) is 14.9. The summed E-state index contributed by atoms with van der Waals surface area (Å²) < 4.78 is 16.7. The number of esters is 1. The Morgan fingerprint density at radius 1 is 0.697 bits per heavy atom. The number of aromatic nitrogens is 12. The van der Waals surface area contributed by atoms with Gasteiger partial charge in [0.15, 0.2) is 11.3 Å². The summed E-state index contributed by atoms with van der Waals surface area (Å²) in [5.41, 5.74) is 5.66. The van der Waals surface area contributed by atoms with E-state index in [1.165, 1.54) is 0 Å². The minimum atomic E-state index is -0.515. The number of ether oxygens (including phenoxy) is 1. The van der Waals surface area contributed by atoms with Crippen molar-refractivity contribution >= 4 is 73.6 Å². The maximum atomic E-state index is 13.4. The third-order valence-corrected chi connectivity index (χ3v) is 12.0. The Labute approximate surface area is 401 Å². The Hall–Kier alpha value is -5.35. The molecule has 0 unspecified atom stereocenters. The van der Waals surface area contributed by atoms with Crippen molar-refractivity contribution in [3.63, 3.8) is 0 Å². The molecule has 21 heteroatoms. The van der Waals surface area contributed by atoms with E-state index < -0.39 is 5.41 Å². The van der Waals surface area contributed by atoms with Gasteiger partial charge in [-0.25, -0.2) is 29.5 Å². The Bertz CT molecular complexity index is 3140. The number of hydrogen-bond donors (Lipinski definition) is 1. The molecule has 2 aliphatic rings. The monoisotopic (exact) mass is 932 g/mol. The van der Waals surface area contributed by atoms with Gasteiger partial charge in [0.2, 0.25) is 0 Å². The van der Waals surface area contributed by atoms with Crippen molar-refractivity contribution in [1.82, 2.24) is 57.3 Å². The second kappa shape index (κ2) is 20.3. The summed E-state index contributed by atoms with van der Waals surface area (Å²) in [6.07, 6.45) is 17.2. The van der Waals surface area contributed by atoms with E-state index >= 15 is 0 Å². The number of halogens is 2. The van der Waals surface area contributed by atoms with Gasteiger partial charge in [0, 0.05) is 56.6 Å². The van der Waals surface area contributed by atoms with Crippen LogP contribution in [0.25, 0.3) is 44.4 Å². The fraction of sp³-hybridized carbons (Fsp3) is 0.444. The first-order valence-electron chi connectivity index (χ1n) is 21.8. The van der Waals surface area contributed by atoms with E-state index in [1.807, 2.05) is 51.2 Å². The molecule has 8 aromatic rings. The van der Waals surface area contributed by atoms with Crippen molar-refractivity contribution < 1.29 is 39.0 Å². The van der Waals surface area contributed by atoms with Crippen molar-refractivity contribution in [2.45, 2.75) is 110 Å². The van der Waals surface area contributed by atoms with Crippen molar-refractivity contribution in [2.24, 2.45) is 5.41 Å². The first-order valence-corrected chi connectivity index (χ1v) is 22.6. The van der Waals surface area contributed by atoms with Crippen LogP contribution in [0.2, 0.25) is 10.0 Å². The van der Waals surface area contributed by atoms with Crippen molar-refractivity contribution in [3.05, 3.63) is 104 Å². The van der Waals surface area contributed by atoms with E-state index in [1.54, 1.807) is 58.4 Å². The molecule has 0 spiro atoms. The summed E-state index contributed by atoms with van der Waals surface area (Å²) in [5, 5.41) is 10.2. The van der Waals surface area contributed by atoms with Crippen LogP contribution < -0.4 is 30.2 Å². The van der Waals surface area contributed by atoms with Gasteiger partial charge in [-0.3, -0.25) is 33.0 Å². The molecule has 0 atom stereocenters. The molecule has 0 amide bonds. The van der Waals surface area contributed by atoms with E-state index in [2.05, 4.69) is 19.9 Å². The average molecular weight is 934 g/mol. The number of unbranched alkanes of at least 4 members (excludes halogenated alkanes) is 2. The van der Waals surface area contributed by atoms with E-state index in [0.717, 1.165) is 77.9 Å². The third-order valence-electron chi connectivity index (χ3n) is 11.6. The Balaban J connectivity index is 0.000000193. The first-order chi connectivity index (χ1) is 30.9. The zero-order valence-corrected chi connectivity index (χ0v) is 39.0. The van der Waals surface area contributed by atoms with Gasteiger partial charge in [-0.2, -0.15) is 0 Å². The molecule has 2 N–H and O–H groups in total. The van der Waals surface area contributed by atoms with Gasteiger partial charge >= 0.3 is 36.2 Å². The van der Waals surface area contributed by atoms with Crippen LogP contribution in [0, 0.1) is 5.41 Å². The van der Waals surface area contributed by atoms with Crippen LogP contribution in [0.1, 0.15) is 95.9 Å². The van der Waals surface area contributed by atoms with Gasteiger partial charge in [-0.15, -0.1) is 0 Å². The van der Waals surface area contributed by atoms with Crippen LogP contribution in [0.3, 0.4) is 0 Å². The minimum Gasteiger partial charge on any atom is -0.870 e. The smallest absolute Gasteiger partial charge is 0.870 e. The van der Waals surface area contributed by atoms with E-state index in [4.69, 9.17) is 43.0 Å². The zero-order chi connectivity index (χ0) is 44.7. The standard InChI is InChI=1S/C25H29ClN6O3.C20H21ClN6O2.Li.H2O/c1-25(2,3)23(33)35-11-5-4-10-30-21(29-18-12-16(26)13-28-22(18)30)15-31-20-14-27-9-8-19(20)32(24(31)34)17-6-7-17;21-13-9-15-19(23-10-13)25(7-1-2-8-28)18(24-15)12-26-17-11-22-6-5-16(17)27(20(26)29)14-3-4-14;;/h8-9,12-14,17H,4-7,10-11,15H2,1-3H3;5-6,9-11,14,28H,1-4,7-8,12H2;;1H2/q;;+1;/p-1. The van der Waals surface area contributed by atoms with Gasteiger partial charge in [-0.1, -0.05) is 23.2 Å². The van der Waals surface area contributed by atoms with Gasteiger partial charge in [-0.05, 0) is 96.4 Å². The number of fused-ring (bicyclic) bond motifs is 4. The zero-order valence-electron chi connectivity index (χ0n) is 37.5. The van der Waals surface area contributed by atoms with Gasteiger partial charge in [0.05, 0.1) is 69.6 Å². The molecule has 0 aliphatic heterocycles. The summed E-state index contributed by atoms with van der Waals surface area (Å²) in [6, 6.07) is 7.90. The predicted octanol–water partition coefficient (Wildman–Crippen LogP) is 3.93. The fourth-order valence-electron chi connectivity index (χ4n) is 8.13. The summed E-state index contributed by atoms with van der Waals surface area (Å²) in [4.78, 5) is 65.6. The van der Waals surface area contributed by atoms with Crippen LogP contribution in [-0.2, 0) is 35.7 Å². The molecule has 66 heavy (non-hydrogen) atoms. The number of imidazole rings is 4. The molecule has 0 radical (unpaired) electrons. The summed E-state index contributed by atoms with van der Waals surface area (Å²) in [6.45, 7) is 7.94. The number of aryl methyl sites for hydroxylation is 2. The molecule has 18 nitrogen and oxygen atoms in total. The number of hydrogen-bond acceptors (Lipinski definition) is 12. The summed E-state index contributed by atoms with van der Waals surface area (Å²) >= 11 is 12.3. The van der Waals surface area contributed by atoms with Gasteiger partial charge < -0.3 is 24.5 Å². The van der Waals surface area contributed by atoms with Crippen LogP contribution in [0.15, 0.2) is 71.0 Å². The average Bonchev–Trinajstić information content (AvgIpc) is 4.19. The van der Waals surface area contributed by atoms with Crippen molar-refractivity contribution in [3.8, 4) is 0 Å². The Morgan fingerprint density at radius 2 is 1.15 bits per heavy atom. The molecule has 0 saturated heterocycles. The van der Waals surface area contributed by atoms with Crippen LogP contribution in [0.4, 0.5) is 0 Å². The van der Waals surface area contributed by atoms with Crippen LogP contribution in [0.5, 0.6) is 0 Å². The second-order valence-electron chi connectivity index (χ2n) is 17.5. The maximum absolute atomic E-state index is 13.4. The molecule has 2 fully saturated rings. The second-order valence-corrected chi connectivity index (χ2v) is 18.4. The van der Waals surface area contributed by atoms with E-state index in [9.17, 15) is 14.4 Å². The van der Waals surface area contributed by atoms with Gasteiger partial charge in [0.25, 0.3) is 0 Å². The van der Waals surface area contributed by atoms with Gasteiger partial charge in [0.1, 0.15) is 22.7 Å². The number of aliphatic hydroxyl groups excluding tert-OH is 1. The number of pyridine rings is 4. The molecule has 2 saturated carbocycles. The summed E-state index contributed by atoms with van der Waals surface area (Å²) in [7, 11) is 0. The van der Waals surface area contributed by atoms with E-state index in [0.29, 0.717) is 72.4 Å². The topological polar surface area (TPSA) is 218 Å². The maximum Gasteiger partial charge on any atom is 1.00 e. The fourth-order valence-corrected chi connectivity index (χ4v) is 8.43. The molecule has 2 aliphatic carbocycles. The molecule has 8 heterocycles. The number of carbonyl (C=O) groups is 1. The first kappa shape index (κ1) is 48.6. The molecular formula is C45H51Cl2LiN12O6. The molecular weight excluding hydrogens is 882 g/mol. The predicted molar refractivity (Wildman–Crippen MR) is 246 cm³/mol. The Morgan fingerprint density at radius 3 is 1.58 bits per heavy atom. The summed E-state index contributed by atoms with van der Waals surface area (Å²) in [5.74, 6) is 1.26. The minimum absolute atomic E-state index is 0. The number of aliphatic hydroxyl groups is 1. The van der Waals surface area contributed by atoms with Crippen molar-refractivity contribution in [1.29, 1.82) is 0 Å². The number of carbonyl (C=O) groups excluding carboxylic acids is 1. The van der Waals surface area contributed by atoms with Crippen LogP contribution in [-0.4, -0.2) is 87.1 Å². The van der Waals surface area contributed by atoms with E-state index in [-0.39, 0.29) is 60.4 Å².